The molecule has 34 heavy (non-hydrogen) atoms. The van der Waals surface area contributed by atoms with E-state index >= 15 is 0 Å². The normalized spacial score (nSPS) is 16.0. The Morgan fingerprint density at radius 3 is 2.09 bits per heavy atom. The summed E-state index contributed by atoms with van der Waals surface area (Å²) in [5, 5.41) is 21.6. The average Bonchev–Trinajstić information content (AvgIpc) is 2.82. The van der Waals surface area contributed by atoms with Gasteiger partial charge in [0.1, 0.15) is 5.75 Å². The summed E-state index contributed by atoms with van der Waals surface area (Å²) in [6.45, 7) is 10.5. The monoisotopic (exact) mass is 490 g/mol. The van der Waals surface area contributed by atoms with Crippen LogP contribution in [0.4, 0.5) is 0 Å². The van der Waals surface area contributed by atoms with Crippen LogP contribution in [0.25, 0.3) is 22.3 Å². The highest BCUT2D eigenvalue weighted by atomic mass is 28.3. The lowest BCUT2D eigenvalue weighted by Gasteiger charge is -2.40. The molecule has 0 fully saturated rings. The SMILES string of the molecule is C[Si]1(C)CC[Si](C)(C)c2cc(-c3cc(-c4ccc(C(=O)O)cc4)ccc3OCCCO)ccc21. The van der Waals surface area contributed by atoms with Crippen molar-refractivity contribution in [3.05, 3.63) is 66.2 Å². The van der Waals surface area contributed by atoms with Gasteiger partial charge in [-0.05, 0) is 41.0 Å². The fourth-order valence-corrected chi connectivity index (χ4v) is 15.1. The molecule has 0 aliphatic carbocycles. The van der Waals surface area contributed by atoms with Crippen LogP contribution in [0.15, 0.2) is 60.7 Å². The highest BCUT2D eigenvalue weighted by Gasteiger charge is 2.39. The maximum absolute atomic E-state index is 11.2. The molecule has 1 aliphatic rings. The number of carbonyl (C=O) groups is 1. The molecule has 0 bridgehead atoms. The molecular formula is C28H34O4Si2. The van der Waals surface area contributed by atoms with Crippen LogP contribution in [0.1, 0.15) is 16.8 Å². The number of ether oxygens (including phenoxy) is 1. The van der Waals surface area contributed by atoms with E-state index in [1.165, 1.54) is 12.1 Å². The van der Waals surface area contributed by atoms with Crippen molar-refractivity contribution in [3.8, 4) is 28.0 Å². The lowest BCUT2D eigenvalue weighted by molar-refractivity contribution is 0.0697. The molecular weight excluding hydrogens is 456 g/mol. The predicted molar refractivity (Wildman–Crippen MR) is 145 cm³/mol. The molecule has 3 aromatic carbocycles. The average molecular weight is 491 g/mol. The van der Waals surface area contributed by atoms with E-state index in [1.54, 1.807) is 22.5 Å². The van der Waals surface area contributed by atoms with Crippen LogP contribution in [-0.2, 0) is 0 Å². The molecule has 0 radical (unpaired) electrons. The van der Waals surface area contributed by atoms with Crippen LogP contribution >= 0.6 is 0 Å². The van der Waals surface area contributed by atoms with Crippen LogP contribution in [-0.4, -0.2) is 45.5 Å². The van der Waals surface area contributed by atoms with Crippen molar-refractivity contribution in [1.29, 1.82) is 0 Å². The third-order valence-electron chi connectivity index (χ3n) is 7.17. The zero-order chi connectivity index (χ0) is 24.5. The molecule has 4 nitrogen and oxygen atoms in total. The Bertz CT molecular complexity index is 1200. The van der Waals surface area contributed by atoms with Crippen LogP contribution in [0.5, 0.6) is 5.75 Å². The molecule has 0 aromatic heterocycles. The van der Waals surface area contributed by atoms with Gasteiger partial charge in [-0.3, -0.25) is 0 Å². The molecule has 0 saturated carbocycles. The van der Waals surface area contributed by atoms with Gasteiger partial charge in [0, 0.05) is 18.6 Å². The first kappa shape index (κ1) is 24.4. The summed E-state index contributed by atoms with van der Waals surface area (Å²) in [5.41, 5.74) is 4.46. The number of carboxylic acid groups (broad SMARTS) is 1. The van der Waals surface area contributed by atoms with Crippen molar-refractivity contribution in [2.24, 2.45) is 0 Å². The standard InChI is InChI=1S/C28H34O4Si2/c1-33(2)16-17-34(3,4)27-19-23(11-13-26(27)33)24-18-22(10-12-25(24)32-15-5-14-29)20-6-8-21(9-7-20)28(30)31/h6-13,18-19,29H,5,14-17H2,1-4H3,(H,30,31). The maximum Gasteiger partial charge on any atom is 0.335 e. The number of carboxylic acids is 1. The second-order valence-corrected chi connectivity index (χ2v) is 20.2. The van der Waals surface area contributed by atoms with Crippen molar-refractivity contribution in [1.82, 2.24) is 0 Å². The number of rotatable bonds is 7. The first-order valence-electron chi connectivity index (χ1n) is 12.0. The summed E-state index contributed by atoms with van der Waals surface area (Å²) in [7, 11) is -2.92. The Kier molecular flexibility index (Phi) is 6.85. The third-order valence-corrected chi connectivity index (χ3v) is 14.7. The molecule has 0 saturated heterocycles. The van der Waals surface area contributed by atoms with E-state index in [4.69, 9.17) is 4.74 Å². The number of benzene rings is 3. The summed E-state index contributed by atoms with van der Waals surface area (Å²) in [6.07, 6.45) is 0.585. The molecule has 0 spiro atoms. The van der Waals surface area contributed by atoms with Crippen molar-refractivity contribution in [3.63, 3.8) is 0 Å². The molecule has 3 aromatic rings. The minimum Gasteiger partial charge on any atom is -0.493 e. The molecule has 0 atom stereocenters. The second kappa shape index (κ2) is 9.52. The van der Waals surface area contributed by atoms with Gasteiger partial charge in [-0.25, -0.2) is 4.79 Å². The Morgan fingerprint density at radius 2 is 1.44 bits per heavy atom. The van der Waals surface area contributed by atoms with E-state index in [-0.39, 0.29) is 12.2 Å². The van der Waals surface area contributed by atoms with Gasteiger partial charge < -0.3 is 14.9 Å². The smallest absolute Gasteiger partial charge is 0.335 e. The molecule has 6 heteroatoms. The summed E-state index contributed by atoms with van der Waals surface area (Å²) < 4.78 is 6.09. The Hall–Kier alpha value is -2.68. The first-order chi connectivity index (χ1) is 16.1. The van der Waals surface area contributed by atoms with Gasteiger partial charge in [0.25, 0.3) is 0 Å². The van der Waals surface area contributed by atoms with Crippen LogP contribution in [0.2, 0.25) is 38.3 Å². The highest BCUT2D eigenvalue weighted by molar-refractivity contribution is 7.03. The van der Waals surface area contributed by atoms with Crippen molar-refractivity contribution >= 4 is 32.5 Å². The maximum atomic E-state index is 11.2. The largest absolute Gasteiger partial charge is 0.493 e. The summed E-state index contributed by atoms with van der Waals surface area (Å²) >= 11 is 0. The van der Waals surface area contributed by atoms with E-state index in [2.05, 4.69) is 50.5 Å². The molecule has 0 amide bonds. The van der Waals surface area contributed by atoms with Gasteiger partial charge >= 0.3 is 5.97 Å². The fraction of sp³-hybridized carbons (Fsp3) is 0.321. The zero-order valence-electron chi connectivity index (χ0n) is 20.5. The van der Waals surface area contributed by atoms with Crippen molar-refractivity contribution in [2.75, 3.05) is 13.2 Å². The lowest BCUT2D eigenvalue weighted by atomic mass is 9.97. The van der Waals surface area contributed by atoms with Crippen molar-refractivity contribution in [2.45, 2.75) is 44.7 Å². The van der Waals surface area contributed by atoms with E-state index in [0.717, 1.165) is 28.0 Å². The summed E-state index contributed by atoms with van der Waals surface area (Å²) in [6, 6.07) is 22.9. The molecule has 1 aliphatic heterocycles. The lowest BCUT2D eigenvalue weighted by Crippen LogP contribution is -2.63. The van der Waals surface area contributed by atoms with Gasteiger partial charge in [-0.1, -0.05) is 85.0 Å². The van der Waals surface area contributed by atoms with Gasteiger partial charge in [0.05, 0.1) is 28.3 Å². The van der Waals surface area contributed by atoms with Crippen LogP contribution in [0, 0.1) is 0 Å². The number of aliphatic hydroxyl groups excluding tert-OH is 1. The minimum atomic E-state index is -1.50. The van der Waals surface area contributed by atoms with Gasteiger partial charge in [0.15, 0.2) is 0 Å². The molecule has 2 N–H and O–H groups in total. The van der Waals surface area contributed by atoms with E-state index in [0.29, 0.717) is 13.0 Å². The number of aliphatic hydroxyl groups is 1. The Morgan fingerprint density at radius 1 is 0.824 bits per heavy atom. The Labute approximate surface area is 204 Å². The highest BCUT2D eigenvalue weighted by Crippen LogP contribution is 2.36. The predicted octanol–water partition coefficient (Wildman–Crippen LogP) is 5.32. The number of hydrogen-bond acceptors (Lipinski definition) is 3. The molecule has 0 unspecified atom stereocenters. The number of hydrogen-bond donors (Lipinski definition) is 2. The van der Waals surface area contributed by atoms with Gasteiger partial charge in [-0.2, -0.15) is 0 Å². The molecule has 178 valence electrons. The van der Waals surface area contributed by atoms with Gasteiger partial charge in [-0.15, -0.1) is 0 Å². The van der Waals surface area contributed by atoms with Crippen LogP contribution < -0.4 is 15.1 Å². The summed E-state index contributed by atoms with van der Waals surface area (Å²) in [4.78, 5) is 11.2. The fourth-order valence-electron chi connectivity index (χ4n) is 4.87. The zero-order valence-corrected chi connectivity index (χ0v) is 22.5. The molecule has 4 rings (SSSR count). The quantitative estimate of drug-likeness (QED) is 0.347. The number of fused-ring (bicyclic) bond motifs is 1. The first-order valence-corrected chi connectivity index (χ1v) is 18.4. The van der Waals surface area contributed by atoms with E-state index in [9.17, 15) is 15.0 Å². The number of aromatic carboxylic acids is 1. The van der Waals surface area contributed by atoms with Crippen LogP contribution in [0.3, 0.4) is 0 Å². The second-order valence-electron chi connectivity index (χ2n) is 10.5. The van der Waals surface area contributed by atoms with Crippen molar-refractivity contribution < 1.29 is 19.7 Å². The minimum absolute atomic E-state index is 0.0989. The Balaban J connectivity index is 1.81. The molecule has 1 heterocycles. The summed E-state index contributed by atoms with van der Waals surface area (Å²) in [5.74, 6) is -0.113. The third kappa shape index (κ3) is 4.90. The topological polar surface area (TPSA) is 66.8 Å². The van der Waals surface area contributed by atoms with E-state index < -0.39 is 22.1 Å². The van der Waals surface area contributed by atoms with E-state index in [1.807, 2.05) is 24.3 Å². The van der Waals surface area contributed by atoms with Gasteiger partial charge in [0.2, 0.25) is 0 Å².